The van der Waals surface area contributed by atoms with Gasteiger partial charge in [0, 0.05) is 19.8 Å². The van der Waals surface area contributed by atoms with Crippen molar-refractivity contribution < 1.29 is 18.3 Å². The lowest BCUT2D eigenvalue weighted by Gasteiger charge is -2.05. The van der Waals surface area contributed by atoms with Gasteiger partial charge >= 0.3 is 0 Å². The standard InChI is InChI=1S/C7H17NO4S/c1-2-12-6-4-8-13(10,11)7-3-5-9/h8-9H,2-7H2,1H3. The Labute approximate surface area is 79.1 Å². The molecular weight excluding hydrogens is 194 g/mol. The first-order valence-electron chi connectivity index (χ1n) is 4.28. The van der Waals surface area contributed by atoms with Crippen LogP contribution in [-0.4, -0.2) is 45.6 Å². The van der Waals surface area contributed by atoms with Crippen molar-refractivity contribution in [1.29, 1.82) is 0 Å². The number of ether oxygens (including phenoxy) is 1. The summed E-state index contributed by atoms with van der Waals surface area (Å²) >= 11 is 0. The molecule has 0 saturated heterocycles. The van der Waals surface area contributed by atoms with E-state index in [1.165, 1.54) is 0 Å². The summed E-state index contributed by atoms with van der Waals surface area (Å²) in [6.07, 6.45) is 0.268. The van der Waals surface area contributed by atoms with Gasteiger partial charge in [0.2, 0.25) is 10.0 Å². The highest BCUT2D eigenvalue weighted by atomic mass is 32.2. The van der Waals surface area contributed by atoms with Crippen LogP contribution in [0, 0.1) is 0 Å². The molecule has 0 heterocycles. The van der Waals surface area contributed by atoms with Crippen LogP contribution in [0.2, 0.25) is 0 Å². The zero-order valence-electron chi connectivity index (χ0n) is 7.82. The lowest BCUT2D eigenvalue weighted by molar-refractivity contribution is 0.153. The zero-order chi connectivity index (χ0) is 10.2. The lowest BCUT2D eigenvalue weighted by Crippen LogP contribution is -2.29. The normalized spacial score (nSPS) is 11.8. The van der Waals surface area contributed by atoms with Gasteiger partial charge in [0.05, 0.1) is 12.4 Å². The predicted molar refractivity (Wildman–Crippen MR) is 50.0 cm³/mol. The molecule has 0 aromatic rings. The third kappa shape index (κ3) is 8.17. The Hall–Kier alpha value is -0.170. The second-order valence-corrected chi connectivity index (χ2v) is 4.41. The maximum atomic E-state index is 11.1. The van der Waals surface area contributed by atoms with Crippen molar-refractivity contribution in [2.24, 2.45) is 0 Å². The highest BCUT2D eigenvalue weighted by Gasteiger charge is 2.07. The Morgan fingerprint density at radius 3 is 2.69 bits per heavy atom. The fraction of sp³-hybridized carbons (Fsp3) is 1.00. The monoisotopic (exact) mass is 211 g/mol. The highest BCUT2D eigenvalue weighted by molar-refractivity contribution is 7.89. The van der Waals surface area contributed by atoms with Crippen LogP contribution >= 0.6 is 0 Å². The van der Waals surface area contributed by atoms with Crippen molar-refractivity contribution in [2.45, 2.75) is 13.3 Å². The fourth-order valence-corrected chi connectivity index (χ4v) is 1.79. The number of nitrogens with one attached hydrogen (secondary N) is 1. The SMILES string of the molecule is CCOCCNS(=O)(=O)CCCO. The molecule has 0 atom stereocenters. The molecule has 0 amide bonds. The largest absolute Gasteiger partial charge is 0.396 e. The average molecular weight is 211 g/mol. The highest BCUT2D eigenvalue weighted by Crippen LogP contribution is 1.87. The number of hydrogen-bond acceptors (Lipinski definition) is 4. The van der Waals surface area contributed by atoms with E-state index in [2.05, 4.69) is 4.72 Å². The third-order valence-electron chi connectivity index (χ3n) is 1.34. The van der Waals surface area contributed by atoms with Crippen molar-refractivity contribution in [1.82, 2.24) is 4.72 Å². The van der Waals surface area contributed by atoms with Gasteiger partial charge in [-0.2, -0.15) is 0 Å². The van der Waals surface area contributed by atoms with Crippen LogP contribution < -0.4 is 4.72 Å². The minimum absolute atomic E-state index is 0.0321. The van der Waals surface area contributed by atoms with Gasteiger partial charge in [0.15, 0.2) is 0 Å². The van der Waals surface area contributed by atoms with E-state index in [4.69, 9.17) is 9.84 Å². The molecule has 0 bridgehead atoms. The molecule has 2 N–H and O–H groups in total. The first-order chi connectivity index (χ1) is 6.12. The number of aliphatic hydroxyl groups is 1. The smallest absolute Gasteiger partial charge is 0.211 e. The van der Waals surface area contributed by atoms with E-state index in [1.807, 2.05) is 6.92 Å². The molecule has 0 fully saturated rings. The topological polar surface area (TPSA) is 75.6 Å². The molecular formula is C7H17NO4S. The molecule has 0 aliphatic carbocycles. The van der Waals surface area contributed by atoms with Crippen LogP contribution in [0.25, 0.3) is 0 Å². The molecule has 5 nitrogen and oxygen atoms in total. The minimum atomic E-state index is -3.21. The molecule has 0 radical (unpaired) electrons. The van der Waals surface area contributed by atoms with Crippen molar-refractivity contribution in [3.8, 4) is 0 Å². The van der Waals surface area contributed by atoms with E-state index in [-0.39, 0.29) is 18.8 Å². The van der Waals surface area contributed by atoms with Gasteiger partial charge < -0.3 is 9.84 Å². The van der Waals surface area contributed by atoms with Crippen LogP contribution in [-0.2, 0) is 14.8 Å². The van der Waals surface area contributed by atoms with Gasteiger partial charge in [-0.05, 0) is 13.3 Å². The van der Waals surface area contributed by atoms with Crippen molar-refractivity contribution in [3.05, 3.63) is 0 Å². The fourth-order valence-electron chi connectivity index (χ4n) is 0.740. The minimum Gasteiger partial charge on any atom is -0.396 e. The number of aliphatic hydroxyl groups excluding tert-OH is 1. The summed E-state index contributed by atoms with van der Waals surface area (Å²) in [6, 6.07) is 0. The van der Waals surface area contributed by atoms with Crippen LogP contribution in [0.5, 0.6) is 0 Å². The van der Waals surface area contributed by atoms with E-state index in [0.29, 0.717) is 19.8 Å². The molecule has 0 rings (SSSR count). The molecule has 13 heavy (non-hydrogen) atoms. The van der Waals surface area contributed by atoms with Crippen LogP contribution in [0.4, 0.5) is 0 Å². The van der Waals surface area contributed by atoms with Crippen molar-refractivity contribution in [3.63, 3.8) is 0 Å². The van der Waals surface area contributed by atoms with E-state index in [0.717, 1.165) is 0 Å². The van der Waals surface area contributed by atoms with Gasteiger partial charge in [-0.15, -0.1) is 0 Å². The van der Waals surface area contributed by atoms with E-state index < -0.39 is 10.0 Å². The molecule has 0 aromatic carbocycles. The molecule has 0 unspecified atom stereocenters. The second kappa shape index (κ2) is 7.25. The summed E-state index contributed by atoms with van der Waals surface area (Å²) in [5.41, 5.74) is 0. The van der Waals surface area contributed by atoms with E-state index in [9.17, 15) is 8.42 Å². The quantitative estimate of drug-likeness (QED) is 0.522. The Morgan fingerprint density at radius 1 is 1.46 bits per heavy atom. The summed E-state index contributed by atoms with van der Waals surface area (Å²) in [5, 5.41) is 8.42. The Bertz CT molecular complexity index is 203. The molecule has 6 heteroatoms. The van der Waals surface area contributed by atoms with Gasteiger partial charge in [-0.1, -0.05) is 0 Å². The van der Waals surface area contributed by atoms with Crippen LogP contribution in [0.1, 0.15) is 13.3 Å². The lowest BCUT2D eigenvalue weighted by atomic mass is 10.5. The summed E-state index contributed by atoms with van der Waals surface area (Å²) < 4.78 is 29.5. The molecule has 0 saturated carbocycles. The predicted octanol–water partition coefficient (Wildman–Crippen LogP) is -0.675. The van der Waals surface area contributed by atoms with Crippen LogP contribution in [0.3, 0.4) is 0 Å². The van der Waals surface area contributed by atoms with Gasteiger partial charge in [0.1, 0.15) is 0 Å². The first-order valence-corrected chi connectivity index (χ1v) is 5.93. The summed E-state index contributed by atoms with van der Waals surface area (Å²) in [6.45, 7) is 3.00. The van der Waals surface area contributed by atoms with E-state index >= 15 is 0 Å². The zero-order valence-corrected chi connectivity index (χ0v) is 8.64. The number of hydrogen-bond donors (Lipinski definition) is 2. The number of rotatable bonds is 8. The van der Waals surface area contributed by atoms with Gasteiger partial charge in [-0.25, -0.2) is 13.1 Å². The Kier molecular flexibility index (Phi) is 7.16. The molecule has 80 valence electrons. The second-order valence-electron chi connectivity index (χ2n) is 2.49. The van der Waals surface area contributed by atoms with E-state index in [1.54, 1.807) is 0 Å². The summed E-state index contributed by atoms with van der Waals surface area (Å²) in [4.78, 5) is 0. The van der Waals surface area contributed by atoms with Crippen molar-refractivity contribution >= 4 is 10.0 Å². The van der Waals surface area contributed by atoms with Crippen LogP contribution in [0.15, 0.2) is 0 Å². The Balaban J connectivity index is 3.52. The first kappa shape index (κ1) is 12.8. The molecule has 0 aliphatic heterocycles. The molecule has 0 aromatic heterocycles. The molecule has 0 aliphatic rings. The third-order valence-corrected chi connectivity index (χ3v) is 2.81. The van der Waals surface area contributed by atoms with Crippen molar-refractivity contribution in [2.75, 3.05) is 32.1 Å². The summed E-state index contributed by atoms with van der Waals surface area (Å²) in [7, 11) is -3.21. The maximum Gasteiger partial charge on any atom is 0.211 e. The summed E-state index contributed by atoms with van der Waals surface area (Å²) in [5.74, 6) is -0.0321. The number of sulfonamides is 1. The molecule has 0 spiro atoms. The maximum absolute atomic E-state index is 11.1. The average Bonchev–Trinajstić information content (AvgIpc) is 2.09. The van der Waals surface area contributed by atoms with Gasteiger partial charge in [-0.3, -0.25) is 0 Å². The Morgan fingerprint density at radius 2 is 2.15 bits per heavy atom. The van der Waals surface area contributed by atoms with Gasteiger partial charge in [0.25, 0.3) is 0 Å².